The molecule has 0 radical (unpaired) electrons. The fourth-order valence-corrected chi connectivity index (χ4v) is 5.26. The highest BCUT2D eigenvalue weighted by Gasteiger charge is 2.50. The highest BCUT2D eigenvalue weighted by atomic mass is 32.2. The first-order valence-corrected chi connectivity index (χ1v) is 14.2. The predicted molar refractivity (Wildman–Crippen MR) is 143 cm³/mol. The molecule has 0 spiro atoms. The minimum absolute atomic E-state index is 0.00962. The van der Waals surface area contributed by atoms with Crippen LogP contribution in [-0.4, -0.2) is 58.4 Å². The molecular formula is C25H25N7O6S2. The summed E-state index contributed by atoms with van der Waals surface area (Å²) in [5.74, 6) is -1.34. The number of aliphatic imine (C=N–C) groups is 1. The molecule has 2 amide bonds. The van der Waals surface area contributed by atoms with Gasteiger partial charge >= 0.3 is 5.88 Å². The predicted octanol–water partition coefficient (Wildman–Crippen LogP) is 0.0740. The van der Waals surface area contributed by atoms with Gasteiger partial charge in [0.1, 0.15) is 12.6 Å². The zero-order chi connectivity index (χ0) is 28.6. The molecule has 208 valence electrons. The molecule has 13 nitrogen and oxygen atoms in total. The Balaban J connectivity index is 1.38. The summed E-state index contributed by atoms with van der Waals surface area (Å²) in [6, 6.07) is 12.9. The smallest absolute Gasteiger partial charge is 0.325 e. The molecule has 1 aliphatic carbocycles. The number of aromatic nitrogens is 2. The van der Waals surface area contributed by atoms with Crippen LogP contribution in [0.5, 0.6) is 0 Å². The van der Waals surface area contributed by atoms with Gasteiger partial charge in [0.25, 0.3) is 11.6 Å². The Hall–Kier alpha value is -4.21. The average Bonchev–Trinajstić information content (AvgIpc) is 3.65. The topological polar surface area (TPSA) is 178 Å². The molecule has 2 fully saturated rings. The Morgan fingerprint density at radius 3 is 2.52 bits per heavy atom. The molecule has 1 saturated heterocycles. The Kier molecular flexibility index (Phi) is 7.35. The number of hydrogen-bond donors (Lipinski definition) is 2. The minimum Gasteiger partial charge on any atom is -0.858 e. The number of thiocarbonyl (C=S) groups is 1. The van der Waals surface area contributed by atoms with Gasteiger partial charge < -0.3 is 15.3 Å². The van der Waals surface area contributed by atoms with Gasteiger partial charge in [-0.2, -0.15) is 0 Å². The second kappa shape index (κ2) is 10.7. The molecule has 1 atom stereocenters. The first kappa shape index (κ1) is 27.4. The largest absolute Gasteiger partial charge is 0.858 e. The molecule has 5 rings (SSSR count). The van der Waals surface area contributed by atoms with Crippen molar-refractivity contribution in [2.75, 3.05) is 5.32 Å². The number of amides is 2. The number of hydrogen-bond acceptors (Lipinski definition) is 9. The monoisotopic (exact) mass is 583 g/mol. The van der Waals surface area contributed by atoms with Crippen LogP contribution in [0.4, 0.5) is 11.6 Å². The lowest BCUT2D eigenvalue weighted by Crippen LogP contribution is -2.42. The fraction of sp³-hybridized carbons (Fsp3) is 0.280. The molecule has 1 unspecified atom stereocenters. The summed E-state index contributed by atoms with van der Waals surface area (Å²) in [6.07, 6.45) is 1.38. The third-order valence-corrected chi connectivity index (χ3v) is 7.90. The molecule has 2 heterocycles. The summed E-state index contributed by atoms with van der Waals surface area (Å²) >= 11 is 5.66. The molecule has 0 bridgehead atoms. The second-order valence-corrected chi connectivity index (χ2v) is 11.3. The first-order chi connectivity index (χ1) is 19.0. The summed E-state index contributed by atoms with van der Waals surface area (Å²) in [5.41, 5.74) is 1.09. The Morgan fingerprint density at radius 1 is 1.23 bits per heavy atom. The quantitative estimate of drug-likeness (QED) is 0.153. The van der Waals surface area contributed by atoms with E-state index in [0.717, 1.165) is 12.8 Å². The number of primary sulfonamides is 1. The second-order valence-electron chi connectivity index (χ2n) is 9.42. The molecule has 15 heteroatoms. The van der Waals surface area contributed by atoms with Gasteiger partial charge in [-0.25, -0.2) is 18.5 Å². The highest BCUT2D eigenvalue weighted by Crippen LogP contribution is 2.35. The number of nitrogens with one attached hydrogen (secondary N) is 1. The molecular weight excluding hydrogens is 558 g/mol. The minimum atomic E-state index is -3.88. The SMILES string of the molecule is C[n+]1noc(/N=C(\[O-])c2ccccc2)c1CN1C(=S)N(C2CC2)C(=O)C1CC(=O)Nc1ccc(S(N)(=O)=O)cc1. The number of sulfonamides is 1. The van der Waals surface area contributed by atoms with Crippen molar-refractivity contribution in [2.24, 2.45) is 17.2 Å². The van der Waals surface area contributed by atoms with Crippen LogP contribution in [0.3, 0.4) is 0 Å². The van der Waals surface area contributed by atoms with Crippen LogP contribution in [0.1, 0.15) is 30.5 Å². The van der Waals surface area contributed by atoms with E-state index in [4.69, 9.17) is 21.9 Å². The number of aryl methyl sites for hydroxylation is 1. The standard InChI is InChI=1S/C25H25N7O6S2/c1-30-20(23(38-29-30)28-22(34)15-5-3-2-4-6-15)14-31-19(24(35)32(25(31)39)17-9-10-17)13-21(33)27-16-7-11-18(12-8-16)40(26,36)37/h2-8,11-12,17,19H,9-10,13-14H2,1H3,(H3-,26,27,28,29,33,34,36,37). The van der Waals surface area contributed by atoms with Crippen LogP contribution >= 0.6 is 12.2 Å². The van der Waals surface area contributed by atoms with Gasteiger partial charge in [0, 0.05) is 11.7 Å². The summed E-state index contributed by atoms with van der Waals surface area (Å²) in [5, 5.41) is 24.6. The molecule has 2 aromatic carbocycles. The Morgan fingerprint density at radius 2 is 1.90 bits per heavy atom. The summed E-state index contributed by atoms with van der Waals surface area (Å²) < 4.78 is 29.7. The maximum absolute atomic E-state index is 13.4. The molecule has 1 aliphatic heterocycles. The van der Waals surface area contributed by atoms with E-state index in [0.29, 0.717) is 16.9 Å². The average molecular weight is 584 g/mol. The lowest BCUT2D eigenvalue weighted by atomic mass is 10.1. The summed E-state index contributed by atoms with van der Waals surface area (Å²) in [6.45, 7) is 0.00962. The fourth-order valence-electron chi connectivity index (χ4n) is 4.31. The van der Waals surface area contributed by atoms with Crippen molar-refractivity contribution in [1.29, 1.82) is 0 Å². The molecule has 2 aliphatic rings. The van der Waals surface area contributed by atoms with E-state index in [1.54, 1.807) is 42.3 Å². The Bertz CT molecular complexity index is 1600. The molecule has 40 heavy (non-hydrogen) atoms. The van der Waals surface area contributed by atoms with Gasteiger partial charge in [0.05, 0.1) is 11.3 Å². The third kappa shape index (κ3) is 5.71. The van der Waals surface area contributed by atoms with E-state index in [1.165, 1.54) is 33.8 Å². The highest BCUT2D eigenvalue weighted by molar-refractivity contribution is 7.89. The maximum atomic E-state index is 13.4. The van der Waals surface area contributed by atoms with Gasteiger partial charge in [-0.1, -0.05) is 30.3 Å². The number of rotatable bonds is 9. The summed E-state index contributed by atoms with van der Waals surface area (Å²) in [4.78, 5) is 33.5. The van der Waals surface area contributed by atoms with Crippen LogP contribution in [0, 0.1) is 0 Å². The van der Waals surface area contributed by atoms with Gasteiger partial charge in [0.15, 0.2) is 12.2 Å². The van der Waals surface area contributed by atoms with E-state index < -0.39 is 27.9 Å². The molecule has 3 N–H and O–H groups in total. The van der Waals surface area contributed by atoms with Gasteiger partial charge in [-0.3, -0.25) is 19.0 Å². The Labute approximate surface area is 234 Å². The van der Waals surface area contributed by atoms with Crippen molar-refractivity contribution in [3.63, 3.8) is 0 Å². The number of benzene rings is 2. The van der Waals surface area contributed by atoms with Gasteiger partial charge in [-0.15, -0.1) is 0 Å². The van der Waals surface area contributed by atoms with E-state index in [1.807, 2.05) is 0 Å². The number of anilines is 1. The van der Waals surface area contributed by atoms with Crippen LogP contribution in [-0.2, 0) is 33.2 Å². The molecule has 3 aromatic rings. The lowest BCUT2D eigenvalue weighted by Gasteiger charge is -2.21. The number of nitrogens with zero attached hydrogens (tertiary/aromatic N) is 5. The molecule has 1 saturated carbocycles. The van der Waals surface area contributed by atoms with Crippen molar-refractivity contribution in [3.8, 4) is 0 Å². The van der Waals surface area contributed by atoms with E-state index >= 15 is 0 Å². The van der Waals surface area contributed by atoms with E-state index in [2.05, 4.69) is 15.6 Å². The van der Waals surface area contributed by atoms with E-state index in [9.17, 15) is 23.1 Å². The normalized spacial score (nSPS) is 17.9. The zero-order valence-corrected chi connectivity index (χ0v) is 22.9. The van der Waals surface area contributed by atoms with Crippen LogP contribution in [0.25, 0.3) is 0 Å². The van der Waals surface area contributed by atoms with Crippen LogP contribution in [0.2, 0.25) is 0 Å². The number of nitrogens with two attached hydrogens (primary N) is 1. The maximum Gasteiger partial charge on any atom is 0.325 e. The zero-order valence-electron chi connectivity index (χ0n) is 21.3. The molecule has 1 aromatic heterocycles. The summed E-state index contributed by atoms with van der Waals surface area (Å²) in [7, 11) is -2.27. The third-order valence-electron chi connectivity index (χ3n) is 6.54. The van der Waals surface area contributed by atoms with Crippen molar-refractivity contribution in [1.82, 2.24) is 15.1 Å². The number of carbonyl (C=O) groups excluding carboxylic acids is 2. The number of carbonyl (C=O) groups is 2. The van der Waals surface area contributed by atoms with Crippen molar-refractivity contribution in [2.45, 2.75) is 42.8 Å². The van der Waals surface area contributed by atoms with Crippen LogP contribution in [0.15, 0.2) is 69.0 Å². The van der Waals surface area contributed by atoms with Crippen LogP contribution < -0.4 is 20.2 Å². The first-order valence-electron chi connectivity index (χ1n) is 12.3. The van der Waals surface area contributed by atoms with Crippen molar-refractivity contribution < 1.29 is 32.3 Å². The van der Waals surface area contributed by atoms with Crippen molar-refractivity contribution >= 4 is 56.6 Å². The lowest BCUT2D eigenvalue weighted by molar-refractivity contribution is -0.746. The van der Waals surface area contributed by atoms with Gasteiger partial charge in [-0.05, 0) is 65.5 Å². The van der Waals surface area contributed by atoms with Crippen molar-refractivity contribution in [3.05, 3.63) is 65.9 Å². The van der Waals surface area contributed by atoms with Gasteiger partial charge in [0.2, 0.25) is 21.2 Å². The van der Waals surface area contributed by atoms with E-state index in [-0.39, 0.29) is 40.8 Å².